The zero-order valence-corrected chi connectivity index (χ0v) is 17.0. The lowest BCUT2D eigenvalue weighted by molar-refractivity contribution is -0.385. The Hall–Kier alpha value is -2.78. The van der Waals surface area contributed by atoms with Gasteiger partial charge in [0.25, 0.3) is 5.69 Å². The van der Waals surface area contributed by atoms with Gasteiger partial charge in [0.15, 0.2) is 0 Å². The largest absolute Gasteiger partial charge is 0.423 e. The standard InChI is InChI=1S/C20H22N2O6S/c1-14-9-11-21(12-10-14)29(26,27)18-6-3-16(4-7-18)20(23)28-17-5-8-19(22(24)25)15(2)13-17/h3-8,13-14H,9-12H2,1-2H3. The topological polar surface area (TPSA) is 107 Å². The zero-order chi connectivity index (χ0) is 21.2. The Morgan fingerprint density at radius 2 is 1.76 bits per heavy atom. The third-order valence-electron chi connectivity index (χ3n) is 5.05. The predicted octanol–water partition coefficient (Wildman–Crippen LogP) is 3.54. The fourth-order valence-corrected chi connectivity index (χ4v) is 4.67. The van der Waals surface area contributed by atoms with Crippen LogP contribution in [0.3, 0.4) is 0 Å². The summed E-state index contributed by atoms with van der Waals surface area (Å²) in [6, 6.07) is 9.62. The van der Waals surface area contributed by atoms with Gasteiger partial charge in [-0.3, -0.25) is 10.1 Å². The third kappa shape index (κ3) is 4.63. The highest BCUT2D eigenvalue weighted by molar-refractivity contribution is 7.89. The molecule has 0 bridgehead atoms. The number of nitro groups is 1. The summed E-state index contributed by atoms with van der Waals surface area (Å²) in [4.78, 5) is 22.8. The number of aryl methyl sites for hydroxylation is 1. The lowest BCUT2D eigenvalue weighted by Crippen LogP contribution is -2.37. The van der Waals surface area contributed by atoms with E-state index < -0.39 is 20.9 Å². The molecule has 1 saturated heterocycles. The van der Waals surface area contributed by atoms with Crippen LogP contribution in [-0.4, -0.2) is 36.7 Å². The van der Waals surface area contributed by atoms with Gasteiger partial charge in [-0.2, -0.15) is 4.31 Å². The second-order valence-corrected chi connectivity index (χ2v) is 9.14. The SMILES string of the molecule is Cc1cc(OC(=O)c2ccc(S(=O)(=O)N3CCC(C)CC3)cc2)ccc1[N+](=O)[O-]. The molecule has 2 aromatic rings. The Bertz CT molecular complexity index is 1030. The quantitative estimate of drug-likeness (QED) is 0.318. The Morgan fingerprint density at radius 3 is 2.31 bits per heavy atom. The smallest absolute Gasteiger partial charge is 0.343 e. The first-order valence-electron chi connectivity index (χ1n) is 9.26. The average Bonchev–Trinajstić information content (AvgIpc) is 2.68. The van der Waals surface area contributed by atoms with Crippen LogP contribution in [0.2, 0.25) is 0 Å². The molecule has 1 heterocycles. The van der Waals surface area contributed by atoms with E-state index in [-0.39, 0.29) is 21.9 Å². The molecule has 8 nitrogen and oxygen atoms in total. The molecule has 0 aliphatic carbocycles. The molecule has 0 spiro atoms. The van der Waals surface area contributed by atoms with Gasteiger partial charge in [-0.1, -0.05) is 6.92 Å². The van der Waals surface area contributed by atoms with E-state index in [1.807, 2.05) is 0 Å². The van der Waals surface area contributed by atoms with Crippen molar-refractivity contribution < 1.29 is 22.9 Å². The van der Waals surface area contributed by atoms with Crippen LogP contribution in [0.5, 0.6) is 5.75 Å². The zero-order valence-electron chi connectivity index (χ0n) is 16.2. The number of nitrogens with zero attached hydrogens (tertiary/aromatic N) is 2. The van der Waals surface area contributed by atoms with Gasteiger partial charge in [0.1, 0.15) is 5.75 Å². The van der Waals surface area contributed by atoms with Crippen LogP contribution in [-0.2, 0) is 10.0 Å². The molecule has 154 valence electrons. The maximum Gasteiger partial charge on any atom is 0.343 e. The summed E-state index contributed by atoms with van der Waals surface area (Å²) >= 11 is 0. The molecule has 2 aromatic carbocycles. The van der Waals surface area contributed by atoms with Crippen LogP contribution < -0.4 is 4.74 Å². The van der Waals surface area contributed by atoms with E-state index in [2.05, 4.69) is 6.92 Å². The van der Waals surface area contributed by atoms with Gasteiger partial charge in [-0.15, -0.1) is 0 Å². The number of rotatable bonds is 5. The second kappa shape index (κ2) is 8.30. The third-order valence-corrected chi connectivity index (χ3v) is 6.96. The van der Waals surface area contributed by atoms with Crippen molar-refractivity contribution in [3.8, 4) is 5.75 Å². The highest BCUT2D eigenvalue weighted by atomic mass is 32.2. The van der Waals surface area contributed by atoms with Gasteiger partial charge < -0.3 is 4.74 Å². The number of sulfonamides is 1. The lowest BCUT2D eigenvalue weighted by atomic mass is 10.0. The molecule has 0 atom stereocenters. The maximum absolute atomic E-state index is 12.7. The molecule has 0 radical (unpaired) electrons. The molecule has 1 aliphatic rings. The molecule has 9 heteroatoms. The number of piperidine rings is 1. The van der Waals surface area contributed by atoms with Crippen LogP contribution in [0.15, 0.2) is 47.4 Å². The number of nitro benzene ring substituents is 1. The summed E-state index contributed by atoms with van der Waals surface area (Å²) in [6.07, 6.45) is 1.66. The molecule has 0 amide bonds. The van der Waals surface area contributed by atoms with Crippen LogP contribution in [0.25, 0.3) is 0 Å². The number of carbonyl (C=O) groups excluding carboxylic acids is 1. The molecular formula is C20H22N2O6S. The maximum atomic E-state index is 12.7. The van der Waals surface area contributed by atoms with Crippen molar-refractivity contribution in [2.45, 2.75) is 31.6 Å². The van der Waals surface area contributed by atoms with Crippen molar-refractivity contribution in [1.29, 1.82) is 0 Å². The Labute approximate surface area is 169 Å². The van der Waals surface area contributed by atoms with Gasteiger partial charge >= 0.3 is 5.97 Å². The Kier molecular flexibility index (Phi) is 5.99. The average molecular weight is 418 g/mol. The van der Waals surface area contributed by atoms with E-state index >= 15 is 0 Å². The van der Waals surface area contributed by atoms with E-state index in [4.69, 9.17) is 4.74 Å². The number of ether oxygens (including phenoxy) is 1. The van der Waals surface area contributed by atoms with Crippen molar-refractivity contribution >= 4 is 21.7 Å². The first kappa shape index (κ1) is 20.9. The minimum Gasteiger partial charge on any atom is -0.423 e. The molecular weight excluding hydrogens is 396 g/mol. The van der Waals surface area contributed by atoms with Gasteiger partial charge in [-0.05, 0) is 62.1 Å². The minimum absolute atomic E-state index is 0.0635. The van der Waals surface area contributed by atoms with Crippen molar-refractivity contribution in [3.63, 3.8) is 0 Å². The van der Waals surface area contributed by atoms with Crippen molar-refractivity contribution in [2.24, 2.45) is 5.92 Å². The van der Waals surface area contributed by atoms with Crippen LogP contribution in [0, 0.1) is 23.0 Å². The van der Waals surface area contributed by atoms with E-state index in [1.165, 1.54) is 46.8 Å². The van der Waals surface area contributed by atoms with E-state index in [0.717, 1.165) is 12.8 Å². The molecule has 29 heavy (non-hydrogen) atoms. The monoisotopic (exact) mass is 418 g/mol. The summed E-state index contributed by atoms with van der Waals surface area (Å²) in [5, 5.41) is 10.9. The fourth-order valence-electron chi connectivity index (χ4n) is 3.20. The summed E-state index contributed by atoms with van der Waals surface area (Å²) in [5.41, 5.74) is 0.497. The predicted molar refractivity (Wildman–Crippen MR) is 106 cm³/mol. The summed E-state index contributed by atoms with van der Waals surface area (Å²) in [5.74, 6) is 0.0212. The highest BCUT2D eigenvalue weighted by Gasteiger charge is 2.28. The highest BCUT2D eigenvalue weighted by Crippen LogP contribution is 2.25. The number of hydrogen-bond donors (Lipinski definition) is 0. The van der Waals surface area contributed by atoms with Crippen LogP contribution in [0.4, 0.5) is 5.69 Å². The van der Waals surface area contributed by atoms with Crippen molar-refractivity contribution in [2.75, 3.05) is 13.1 Å². The fraction of sp³-hybridized carbons (Fsp3) is 0.350. The lowest BCUT2D eigenvalue weighted by Gasteiger charge is -2.29. The molecule has 1 fully saturated rings. The van der Waals surface area contributed by atoms with E-state index in [9.17, 15) is 23.3 Å². The van der Waals surface area contributed by atoms with Gasteiger partial charge in [0.05, 0.1) is 15.4 Å². The molecule has 1 aliphatic heterocycles. The summed E-state index contributed by atoms with van der Waals surface area (Å²) < 4.78 is 32.2. The number of benzene rings is 2. The number of hydrogen-bond acceptors (Lipinski definition) is 6. The van der Waals surface area contributed by atoms with Crippen molar-refractivity contribution in [3.05, 3.63) is 63.7 Å². The molecule has 0 saturated carbocycles. The van der Waals surface area contributed by atoms with E-state index in [1.54, 1.807) is 6.92 Å². The Balaban J connectivity index is 1.72. The minimum atomic E-state index is -3.59. The number of carbonyl (C=O) groups is 1. The van der Waals surface area contributed by atoms with Crippen molar-refractivity contribution in [1.82, 2.24) is 4.31 Å². The van der Waals surface area contributed by atoms with Crippen LogP contribution >= 0.6 is 0 Å². The molecule has 0 unspecified atom stereocenters. The second-order valence-electron chi connectivity index (χ2n) is 7.21. The normalized spacial score (nSPS) is 15.8. The molecule has 3 rings (SSSR count). The summed E-state index contributed by atoms with van der Waals surface area (Å²) in [7, 11) is -3.59. The number of esters is 1. The molecule has 0 N–H and O–H groups in total. The Morgan fingerprint density at radius 1 is 1.14 bits per heavy atom. The van der Waals surface area contributed by atoms with Crippen LogP contribution in [0.1, 0.15) is 35.7 Å². The first-order valence-corrected chi connectivity index (χ1v) is 10.7. The van der Waals surface area contributed by atoms with Gasteiger partial charge in [0, 0.05) is 24.7 Å². The van der Waals surface area contributed by atoms with E-state index in [0.29, 0.717) is 24.6 Å². The summed E-state index contributed by atoms with van der Waals surface area (Å²) in [6.45, 7) is 4.65. The molecule has 0 aromatic heterocycles. The van der Waals surface area contributed by atoms with Gasteiger partial charge in [-0.25, -0.2) is 13.2 Å². The van der Waals surface area contributed by atoms with Gasteiger partial charge in [0.2, 0.25) is 10.0 Å². The first-order chi connectivity index (χ1) is 13.7.